The van der Waals surface area contributed by atoms with Gasteiger partial charge >= 0.3 is 0 Å². The van der Waals surface area contributed by atoms with Gasteiger partial charge in [-0.05, 0) is 34.1 Å². The zero-order valence-electron chi connectivity index (χ0n) is 9.64. The summed E-state index contributed by atoms with van der Waals surface area (Å²) in [6, 6.07) is 0. The van der Waals surface area contributed by atoms with E-state index in [1.165, 1.54) is 5.75 Å². The van der Waals surface area contributed by atoms with Crippen LogP contribution in [0.15, 0.2) is 0 Å². The number of rotatable bonds is 0. The summed E-state index contributed by atoms with van der Waals surface area (Å²) in [6.07, 6.45) is 2.26. The Morgan fingerprint density at radius 2 is 1.93 bits per heavy atom. The van der Waals surface area contributed by atoms with Gasteiger partial charge in [0.25, 0.3) is 0 Å². The molecule has 2 rings (SSSR count). The fraction of sp³-hybridized carbons (Fsp3) is 1.00. The molecule has 1 N–H and O–H groups in total. The van der Waals surface area contributed by atoms with Gasteiger partial charge in [0.1, 0.15) is 0 Å². The smallest absolute Gasteiger partial charge is 0.0699 e. The highest BCUT2D eigenvalue weighted by atomic mass is 32.2. The molecule has 2 heterocycles. The maximum atomic E-state index is 5.77. The zero-order chi connectivity index (χ0) is 10.4. The van der Waals surface area contributed by atoms with Crippen molar-refractivity contribution in [1.29, 1.82) is 0 Å². The minimum Gasteiger partial charge on any atom is -0.375 e. The Morgan fingerprint density at radius 1 is 1.21 bits per heavy atom. The molecule has 0 aromatic rings. The van der Waals surface area contributed by atoms with Crippen LogP contribution < -0.4 is 5.32 Å². The Bertz CT molecular complexity index is 239. The van der Waals surface area contributed by atoms with Gasteiger partial charge in [-0.1, -0.05) is 0 Å². The lowest BCUT2D eigenvalue weighted by Crippen LogP contribution is -2.54. The predicted molar refractivity (Wildman–Crippen MR) is 61.7 cm³/mol. The molecule has 0 amide bonds. The first kappa shape index (κ1) is 10.8. The van der Waals surface area contributed by atoms with E-state index in [0.29, 0.717) is 0 Å². The molecule has 0 saturated carbocycles. The lowest BCUT2D eigenvalue weighted by molar-refractivity contribution is -0.0703. The summed E-state index contributed by atoms with van der Waals surface area (Å²) in [5.41, 5.74) is 0.330. The van der Waals surface area contributed by atoms with Gasteiger partial charge in [0.15, 0.2) is 0 Å². The molecule has 0 aromatic heterocycles. The van der Waals surface area contributed by atoms with Crippen LogP contribution in [0.25, 0.3) is 0 Å². The van der Waals surface area contributed by atoms with Gasteiger partial charge in [-0.25, -0.2) is 0 Å². The SMILES string of the molecule is CC1(C)CSC2(CCOC(C)(C)C2)N1. The molecule has 2 aliphatic heterocycles. The van der Waals surface area contributed by atoms with E-state index in [2.05, 4.69) is 44.8 Å². The summed E-state index contributed by atoms with van der Waals surface area (Å²) in [5.74, 6) is 1.21. The first-order chi connectivity index (χ1) is 6.33. The lowest BCUT2D eigenvalue weighted by Gasteiger charge is -2.43. The molecule has 1 unspecified atom stereocenters. The Morgan fingerprint density at radius 3 is 2.43 bits per heavy atom. The van der Waals surface area contributed by atoms with Crippen LogP contribution in [0.5, 0.6) is 0 Å². The molecule has 2 fully saturated rings. The molecule has 0 radical (unpaired) electrons. The topological polar surface area (TPSA) is 21.3 Å². The molecule has 0 aliphatic carbocycles. The summed E-state index contributed by atoms with van der Waals surface area (Å²) in [5, 5.41) is 3.78. The Balaban J connectivity index is 2.10. The van der Waals surface area contributed by atoms with E-state index < -0.39 is 0 Å². The maximum absolute atomic E-state index is 5.77. The summed E-state index contributed by atoms with van der Waals surface area (Å²) in [4.78, 5) is 0.283. The summed E-state index contributed by atoms with van der Waals surface area (Å²) < 4.78 is 5.77. The van der Waals surface area contributed by atoms with Gasteiger partial charge in [0, 0.05) is 24.3 Å². The van der Waals surface area contributed by atoms with Gasteiger partial charge in [0.2, 0.25) is 0 Å². The van der Waals surface area contributed by atoms with Crippen LogP contribution in [0.4, 0.5) is 0 Å². The van der Waals surface area contributed by atoms with Crippen molar-refractivity contribution in [3.8, 4) is 0 Å². The molecule has 2 saturated heterocycles. The van der Waals surface area contributed by atoms with Crippen LogP contribution in [-0.2, 0) is 4.74 Å². The molecule has 2 aliphatic rings. The maximum Gasteiger partial charge on any atom is 0.0699 e. The van der Waals surface area contributed by atoms with Crippen molar-refractivity contribution < 1.29 is 4.74 Å². The first-order valence-corrected chi connectivity index (χ1v) is 6.39. The second-order valence-electron chi connectivity index (χ2n) is 5.83. The molecular weight excluding hydrogens is 194 g/mol. The van der Waals surface area contributed by atoms with Crippen LogP contribution in [0, 0.1) is 0 Å². The van der Waals surface area contributed by atoms with Crippen LogP contribution in [0.3, 0.4) is 0 Å². The standard InChI is InChI=1S/C11H21NOS/c1-9(2)8-14-11(12-9)5-6-13-10(3,4)7-11/h12H,5-8H2,1-4H3. The minimum atomic E-state index is 0.0403. The van der Waals surface area contributed by atoms with Gasteiger partial charge < -0.3 is 4.74 Å². The molecule has 1 atom stereocenters. The summed E-state index contributed by atoms with van der Waals surface area (Å²) >= 11 is 2.08. The van der Waals surface area contributed by atoms with Crippen molar-refractivity contribution in [3.05, 3.63) is 0 Å². The molecule has 0 aromatic carbocycles. The highest BCUT2D eigenvalue weighted by Crippen LogP contribution is 2.46. The lowest BCUT2D eigenvalue weighted by atomic mass is 9.91. The van der Waals surface area contributed by atoms with Crippen molar-refractivity contribution in [2.45, 2.75) is 56.5 Å². The van der Waals surface area contributed by atoms with Gasteiger partial charge in [-0.2, -0.15) is 0 Å². The van der Waals surface area contributed by atoms with E-state index in [9.17, 15) is 0 Å². The fourth-order valence-electron chi connectivity index (χ4n) is 2.56. The average molecular weight is 215 g/mol. The molecule has 0 bridgehead atoms. The van der Waals surface area contributed by atoms with E-state index in [-0.39, 0.29) is 16.0 Å². The van der Waals surface area contributed by atoms with Crippen LogP contribution in [-0.4, -0.2) is 28.4 Å². The molecule has 2 nitrogen and oxygen atoms in total. The van der Waals surface area contributed by atoms with Crippen molar-refractivity contribution in [2.75, 3.05) is 12.4 Å². The van der Waals surface area contributed by atoms with Crippen LogP contribution in [0.1, 0.15) is 40.5 Å². The highest BCUT2D eigenvalue weighted by Gasteiger charge is 2.48. The number of thioether (sulfide) groups is 1. The van der Waals surface area contributed by atoms with Gasteiger partial charge in [-0.3, -0.25) is 5.32 Å². The largest absolute Gasteiger partial charge is 0.375 e. The van der Waals surface area contributed by atoms with Gasteiger partial charge in [-0.15, -0.1) is 11.8 Å². The summed E-state index contributed by atoms with van der Waals surface area (Å²) in [6.45, 7) is 9.86. The Labute approximate surface area is 91.2 Å². The van der Waals surface area contributed by atoms with Crippen molar-refractivity contribution in [1.82, 2.24) is 5.32 Å². The average Bonchev–Trinajstić information content (AvgIpc) is 2.24. The normalized spacial score (nSPS) is 40.3. The molecule has 1 spiro atoms. The molecular formula is C11H21NOS. The van der Waals surface area contributed by atoms with Crippen molar-refractivity contribution >= 4 is 11.8 Å². The zero-order valence-corrected chi connectivity index (χ0v) is 10.5. The number of hydrogen-bond donors (Lipinski definition) is 1. The van der Waals surface area contributed by atoms with Crippen molar-refractivity contribution in [2.24, 2.45) is 0 Å². The van der Waals surface area contributed by atoms with Crippen molar-refractivity contribution in [3.63, 3.8) is 0 Å². The third-order valence-corrected chi connectivity index (χ3v) is 4.85. The third kappa shape index (κ3) is 2.10. The van der Waals surface area contributed by atoms with E-state index in [4.69, 9.17) is 4.74 Å². The van der Waals surface area contributed by atoms with Crippen LogP contribution in [0.2, 0.25) is 0 Å². The monoisotopic (exact) mass is 215 g/mol. The second-order valence-corrected chi connectivity index (χ2v) is 7.19. The van der Waals surface area contributed by atoms with E-state index in [1.807, 2.05) is 0 Å². The Kier molecular flexibility index (Phi) is 2.41. The first-order valence-electron chi connectivity index (χ1n) is 5.40. The number of hydrogen-bond acceptors (Lipinski definition) is 3. The van der Waals surface area contributed by atoms with Gasteiger partial charge in [0.05, 0.1) is 10.5 Å². The number of ether oxygens (including phenoxy) is 1. The molecule has 3 heteroatoms. The van der Waals surface area contributed by atoms with E-state index >= 15 is 0 Å². The quantitative estimate of drug-likeness (QED) is 0.670. The Hall–Kier alpha value is 0.270. The van der Waals surface area contributed by atoms with Crippen LogP contribution >= 0.6 is 11.8 Å². The molecule has 82 valence electrons. The highest BCUT2D eigenvalue weighted by molar-refractivity contribution is 8.01. The second kappa shape index (κ2) is 3.13. The fourth-order valence-corrected chi connectivity index (χ4v) is 4.29. The van der Waals surface area contributed by atoms with E-state index in [0.717, 1.165) is 19.4 Å². The predicted octanol–water partition coefficient (Wildman–Crippen LogP) is 2.39. The summed E-state index contributed by atoms with van der Waals surface area (Å²) in [7, 11) is 0. The minimum absolute atomic E-state index is 0.0403. The molecule has 14 heavy (non-hydrogen) atoms. The third-order valence-electron chi connectivity index (χ3n) is 2.99. The number of nitrogens with one attached hydrogen (secondary N) is 1. The van der Waals surface area contributed by atoms with E-state index in [1.54, 1.807) is 0 Å².